The predicted octanol–water partition coefficient (Wildman–Crippen LogP) is 2.08. The largest absolute Gasteiger partial charge is 0.459 e. The standard InChI is InChI=1S/C14H20N2O2/c17-13-9-5-1-2-6-10(9)15-14-16(13)11-7-3-4-8-12(11)18-14/h9-12H,1-8H2. The summed E-state index contributed by atoms with van der Waals surface area (Å²) in [6.45, 7) is 0. The number of fused-ring (bicyclic) bond motifs is 4. The van der Waals surface area contributed by atoms with Crippen LogP contribution in [0.25, 0.3) is 0 Å². The molecule has 0 N–H and O–H groups in total. The fourth-order valence-corrected chi connectivity index (χ4v) is 4.07. The topological polar surface area (TPSA) is 41.9 Å². The van der Waals surface area contributed by atoms with Crippen LogP contribution in [-0.2, 0) is 9.53 Å². The number of carbonyl (C=O) groups excluding carboxylic acids is 1. The monoisotopic (exact) mass is 248 g/mol. The third kappa shape index (κ3) is 1.44. The summed E-state index contributed by atoms with van der Waals surface area (Å²) in [6.07, 6.45) is 9.31. The first-order valence-corrected chi connectivity index (χ1v) is 7.42. The van der Waals surface area contributed by atoms with Crippen LogP contribution in [0.4, 0.5) is 0 Å². The maximum atomic E-state index is 12.7. The minimum Gasteiger partial charge on any atom is -0.459 e. The van der Waals surface area contributed by atoms with Gasteiger partial charge < -0.3 is 4.74 Å². The van der Waals surface area contributed by atoms with Gasteiger partial charge in [-0.25, -0.2) is 4.99 Å². The van der Waals surface area contributed by atoms with Crippen molar-refractivity contribution < 1.29 is 9.53 Å². The molecule has 2 aliphatic heterocycles. The van der Waals surface area contributed by atoms with Gasteiger partial charge in [0.25, 0.3) is 6.02 Å². The Kier molecular flexibility index (Phi) is 2.39. The quantitative estimate of drug-likeness (QED) is 0.658. The van der Waals surface area contributed by atoms with E-state index in [1.54, 1.807) is 0 Å². The fourth-order valence-electron chi connectivity index (χ4n) is 4.07. The van der Waals surface area contributed by atoms with Crippen molar-refractivity contribution in [1.29, 1.82) is 0 Å². The second kappa shape index (κ2) is 3.97. The second-order valence-electron chi connectivity index (χ2n) is 6.09. The number of hydrogen-bond acceptors (Lipinski definition) is 3. The number of amidine groups is 1. The SMILES string of the molecule is O=C1C2CCCCC2N=C2OC3CCCCC3N12. The maximum absolute atomic E-state index is 12.7. The highest BCUT2D eigenvalue weighted by atomic mass is 16.5. The molecule has 3 fully saturated rings. The molecule has 2 heterocycles. The van der Waals surface area contributed by atoms with Gasteiger partial charge in [-0.1, -0.05) is 19.3 Å². The van der Waals surface area contributed by atoms with Crippen LogP contribution in [0.3, 0.4) is 0 Å². The van der Waals surface area contributed by atoms with Crippen molar-refractivity contribution in [2.45, 2.75) is 69.6 Å². The Morgan fingerprint density at radius 1 is 1.06 bits per heavy atom. The highest BCUT2D eigenvalue weighted by molar-refractivity contribution is 5.99. The molecule has 4 atom stereocenters. The zero-order valence-electron chi connectivity index (χ0n) is 10.7. The summed E-state index contributed by atoms with van der Waals surface area (Å²) in [5.41, 5.74) is 0. The van der Waals surface area contributed by atoms with Gasteiger partial charge in [0.05, 0.1) is 18.0 Å². The molecule has 0 spiro atoms. The highest BCUT2D eigenvalue weighted by Crippen LogP contribution is 2.39. The first-order chi connectivity index (χ1) is 8.84. The lowest BCUT2D eigenvalue weighted by Crippen LogP contribution is -2.51. The molecule has 1 amide bonds. The normalized spacial score (nSPS) is 42.6. The van der Waals surface area contributed by atoms with Gasteiger partial charge >= 0.3 is 0 Å². The molecule has 2 saturated carbocycles. The van der Waals surface area contributed by atoms with E-state index >= 15 is 0 Å². The van der Waals surface area contributed by atoms with Crippen molar-refractivity contribution in [2.75, 3.05) is 0 Å². The number of aliphatic imine (C=N–C) groups is 1. The average Bonchev–Trinajstić information content (AvgIpc) is 2.77. The van der Waals surface area contributed by atoms with Crippen LogP contribution in [-0.4, -0.2) is 35.0 Å². The zero-order valence-corrected chi connectivity index (χ0v) is 10.7. The number of nitrogens with zero attached hydrogens (tertiary/aromatic N) is 2. The predicted molar refractivity (Wildman–Crippen MR) is 67.2 cm³/mol. The van der Waals surface area contributed by atoms with Gasteiger partial charge in [0, 0.05) is 0 Å². The number of carbonyl (C=O) groups is 1. The Hall–Kier alpha value is -1.06. The Morgan fingerprint density at radius 2 is 1.83 bits per heavy atom. The minimum absolute atomic E-state index is 0.145. The Morgan fingerprint density at radius 3 is 2.78 bits per heavy atom. The fraction of sp³-hybridized carbons (Fsp3) is 0.857. The molecule has 0 bridgehead atoms. The zero-order chi connectivity index (χ0) is 12.1. The van der Waals surface area contributed by atoms with Crippen LogP contribution in [0.2, 0.25) is 0 Å². The van der Waals surface area contributed by atoms with E-state index in [1.807, 2.05) is 4.90 Å². The molecular formula is C14H20N2O2. The summed E-state index contributed by atoms with van der Waals surface area (Å²) in [5.74, 6) is 0.450. The van der Waals surface area contributed by atoms with Crippen LogP contribution < -0.4 is 0 Å². The van der Waals surface area contributed by atoms with Crippen molar-refractivity contribution >= 4 is 11.9 Å². The minimum atomic E-state index is 0.145. The molecule has 0 aromatic heterocycles. The van der Waals surface area contributed by atoms with Gasteiger partial charge in [-0.2, -0.15) is 0 Å². The van der Waals surface area contributed by atoms with Crippen molar-refractivity contribution in [3.8, 4) is 0 Å². The molecule has 18 heavy (non-hydrogen) atoms. The van der Waals surface area contributed by atoms with Crippen molar-refractivity contribution in [3.63, 3.8) is 0 Å². The molecule has 1 saturated heterocycles. The summed E-state index contributed by atoms with van der Waals surface area (Å²) < 4.78 is 5.94. The molecule has 4 aliphatic rings. The second-order valence-corrected chi connectivity index (χ2v) is 6.09. The Labute approximate surface area is 107 Å². The summed E-state index contributed by atoms with van der Waals surface area (Å²) in [5, 5.41) is 0. The van der Waals surface area contributed by atoms with Crippen LogP contribution in [0.1, 0.15) is 51.4 Å². The molecule has 4 nitrogen and oxygen atoms in total. The average molecular weight is 248 g/mol. The molecule has 98 valence electrons. The van der Waals surface area contributed by atoms with E-state index in [1.165, 1.54) is 25.7 Å². The summed E-state index contributed by atoms with van der Waals surface area (Å²) in [4.78, 5) is 19.3. The molecule has 4 heteroatoms. The number of hydrogen-bond donors (Lipinski definition) is 0. The summed E-state index contributed by atoms with van der Waals surface area (Å²) >= 11 is 0. The lowest BCUT2D eigenvalue weighted by atomic mass is 9.82. The Bertz CT molecular complexity index is 407. The molecule has 0 radical (unpaired) electrons. The third-order valence-electron chi connectivity index (χ3n) is 5.02. The van der Waals surface area contributed by atoms with Crippen molar-refractivity contribution in [1.82, 2.24) is 4.90 Å². The lowest BCUT2D eigenvalue weighted by Gasteiger charge is -2.37. The first-order valence-electron chi connectivity index (χ1n) is 7.42. The van der Waals surface area contributed by atoms with E-state index in [2.05, 4.69) is 0 Å². The van der Waals surface area contributed by atoms with Gasteiger partial charge in [0.15, 0.2) is 0 Å². The smallest absolute Gasteiger partial charge is 0.295 e. The summed E-state index contributed by atoms with van der Waals surface area (Å²) in [6, 6.07) is 1.14. The van der Waals surface area contributed by atoms with E-state index in [0.717, 1.165) is 25.7 Å². The van der Waals surface area contributed by atoms with Gasteiger partial charge in [-0.15, -0.1) is 0 Å². The van der Waals surface area contributed by atoms with Crippen molar-refractivity contribution in [2.24, 2.45) is 10.9 Å². The summed E-state index contributed by atoms with van der Waals surface area (Å²) in [7, 11) is 0. The Balaban J connectivity index is 1.68. The van der Waals surface area contributed by atoms with E-state index in [9.17, 15) is 4.79 Å². The number of rotatable bonds is 0. The van der Waals surface area contributed by atoms with E-state index < -0.39 is 0 Å². The van der Waals surface area contributed by atoms with Gasteiger partial charge in [0.1, 0.15) is 6.10 Å². The van der Waals surface area contributed by atoms with E-state index in [4.69, 9.17) is 9.73 Å². The molecule has 0 aromatic rings. The van der Waals surface area contributed by atoms with Crippen LogP contribution in [0, 0.1) is 5.92 Å². The van der Waals surface area contributed by atoms with Gasteiger partial charge in [0.2, 0.25) is 5.91 Å². The molecule has 4 unspecified atom stereocenters. The number of amides is 1. The third-order valence-corrected chi connectivity index (χ3v) is 5.02. The first kappa shape index (κ1) is 10.8. The van der Waals surface area contributed by atoms with Crippen LogP contribution in [0.15, 0.2) is 4.99 Å². The molecule has 0 aromatic carbocycles. The van der Waals surface area contributed by atoms with Crippen LogP contribution >= 0.6 is 0 Å². The number of ether oxygens (including phenoxy) is 1. The van der Waals surface area contributed by atoms with Gasteiger partial charge in [-0.3, -0.25) is 9.69 Å². The molecular weight excluding hydrogens is 228 g/mol. The molecule has 4 rings (SSSR count). The molecule has 2 aliphatic carbocycles. The highest BCUT2D eigenvalue weighted by Gasteiger charge is 2.50. The van der Waals surface area contributed by atoms with E-state index in [-0.39, 0.29) is 24.1 Å². The van der Waals surface area contributed by atoms with E-state index in [0.29, 0.717) is 11.9 Å². The maximum Gasteiger partial charge on any atom is 0.295 e. The lowest BCUT2D eigenvalue weighted by molar-refractivity contribution is -0.135. The van der Waals surface area contributed by atoms with Crippen LogP contribution in [0.5, 0.6) is 0 Å². The van der Waals surface area contributed by atoms with Crippen molar-refractivity contribution in [3.05, 3.63) is 0 Å². The van der Waals surface area contributed by atoms with Gasteiger partial charge in [-0.05, 0) is 32.1 Å².